The number of fused-ring (bicyclic) bond motifs is 1. The van der Waals surface area contributed by atoms with Crippen molar-refractivity contribution >= 4 is 11.5 Å². The van der Waals surface area contributed by atoms with Gasteiger partial charge in [0.05, 0.1) is 5.56 Å². The molecule has 3 rings (SSSR count). The SMILES string of the molecule is Nc1cccc2nnc(-c3ccc(C(F)(F)F)cc3)n12. The van der Waals surface area contributed by atoms with E-state index in [1.54, 1.807) is 22.6 Å². The Balaban J connectivity index is 2.12. The summed E-state index contributed by atoms with van der Waals surface area (Å²) in [6.45, 7) is 0. The third-order valence-electron chi connectivity index (χ3n) is 2.93. The first-order valence-electron chi connectivity index (χ1n) is 5.74. The second-order valence-electron chi connectivity index (χ2n) is 4.24. The number of nitrogens with zero attached hydrogens (tertiary/aromatic N) is 3. The number of hydrogen-bond donors (Lipinski definition) is 1. The summed E-state index contributed by atoms with van der Waals surface area (Å²) in [4.78, 5) is 0. The number of aromatic nitrogens is 3. The topological polar surface area (TPSA) is 56.2 Å². The fourth-order valence-electron chi connectivity index (χ4n) is 1.96. The molecular formula is C13H9F3N4. The molecule has 0 bridgehead atoms. The molecule has 2 N–H and O–H groups in total. The summed E-state index contributed by atoms with van der Waals surface area (Å²) < 4.78 is 39.2. The van der Waals surface area contributed by atoms with Crippen LogP contribution in [0.25, 0.3) is 17.0 Å². The van der Waals surface area contributed by atoms with Crippen molar-refractivity contribution in [1.82, 2.24) is 14.6 Å². The maximum absolute atomic E-state index is 12.5. The first-order valence-corrected chi connectivity index (χ1v) is 5.74. The van der Waals surface area contributed by atoms with E-state index in [2.05, 4.69) is 10.2 Å². The molecule has 2 aromatic heterocycles. The van der Waals surface area contributed by atoms with E-state index in [1.807, 2.05) is 0 Å². The highest BCUT2D eigenvalue weighted by Crippen LogP contribution is 2.31. The molecule has 20 heavy (non-hydrogen) atoms. The number of halogens is 3. The number of nitrogen functional groups attached to an aromatic ring is 1. The average molecular weight is 278 g/mol. The summed E-state index contributed by atoms with van der Waals surface area (Å²) in [6.07, 6.45) is -4.36. The van der Waals surface area contributed by atoms with E-state index in [0.29, 0.717) is 22.9 Å². The van der Waals surface area contributed by atoms with Gasteiger partial charge in [0.1, 0.15) is 5.82 Å². The molecule has 4 nitrogen and oxygen atoms in total. The number of alkyl halides is 3. The first kappa shape index (κ1) is 12.5. The van der Waals surface area contributed by atoms with Crippen molar-refractivity contribution in [2.24, 2.45) is 0 Å². The average Bonchev–Trinajstić information content (AvgIpc) is 2.83. The number of rotatable bonds is 1. The predicted octanol–water partition coefficient (Wildman–Crippen LogP) is 3.00. The second-order valence-corrected chi connectivity index (χ2v) is 4.24. The van der Waals surface area contributed by atoms with Crippen molar-refractivity contribution in [2.75, 3.05) is 5.73 Å². The Morgan fingerprint density at radius 3 is 2.30 bits per heavy atom. The molecular weight excluding hydrogens is 269 g/mol. The summed E-state index contributed by atoms with van der Waals surface area (Å²) >= 11 is 0. The van der Waals surface area contributed by atoms with Crippen LogP contribution in [0.4, 0.5) is 19.0 Å². The van der Waals surface area contributed by atoms with Crippen LogP contribution in [-0.4, -0.2) is 14.6 Å². The third-order valence-corrected chi connectivity index (χ3v) is 2.93. The standard InChI is InChI=1S/C13H9F3N4/c14-13(15,16)9-6-4-8(5-7-9)12-19-18-11-3-1-2-10(17)20(11)12/h1-7H,17H2. The maximum Gasteiger partial charge on any atom is 0.416 e. The Labute approximate surface area is 111 Å². The highest BCUT2D eigenvalue weighted by atomic mass is 19.4. The number of pyridine rings is 1. The molecule has 7 heteroatoms. The Morgan fingerprint density at radius 1 is 0.950 bits per heavy atom. The van der Waals surface area contributed by atoms with Crippen molar-refractivity contribution < 1.29 is 13.2 Å². The molecule has 0 saturated carbocycles. The summed E-state index contributed by atoms with van der Waals surface area (Å²) in [7, 11) is 0. The van der Waals surface area contributed by atoms with Crippen molar-refractivity contribution in [2.45, 2.75) is 6.18 Å². The lowest BCUT2D eigenvalue weighted by atomic mass is 10.1. The van der Waals surface area contributed by atoms with Gasteiger partial charge in [0.15, 0.2) is 11.5 Å². The van der Waals surface area contributed by atoms with Crippen molar-refractivity contribution in [3.05, 3.63) is 48.0 Å². The van der Waals surface area contributed by atoms with E-state index in [4.69, 9.17) is 5.73 Å². The van der Waals surface area contributed by atoms with Crippen molar-refractivity contribution in [1.29, 1.82) is 0 Å². The summed E-state index contributed by atoms with van der Waals surface area (Å²) in [5, 5.41) is 7.91. The molecule has 0 aliphatic heterocycles. The minimum atomic E-state index is -4.36. The minimum absolute atomic E-state index is 0.409. The van der Waals surface area contributed by atoms with Crippen molar-refractivity contribution in [3.8, 4) is 11.4 Å². The zero-order valence-electron chi connectivity index (χ0n) is 10.1. The van der Waals surface area contributed by atoms with Gasteiger partial charge in [-0.25, -0.2) is 0 Å². The van der Waals surface area contributed by atoms with Gasteiger partial charge >= 0.3 is 6.18 Å². The third kappa shape index (κ3) is 1.97. The summed E-state index contributed by atoms with van der Waals surface area (Å²) in [5.74, 6) is 0.828. The monoisotopic (exact) mass is 278 g/mol. The lowest BCUT2D eigenvalue weighted by molar-refractivity contribution is -0.137. The van der Waals surface area contributed by atoms with Crippen LogP contribution in [0.1, 0.15) is 5.56 Å². The Hall–Kier alpha value is -2.57. The smallest absolute Gasteiger partial charge is 0.385 e. The van der Waals surface area contributed by atoms with Gasteiger partial charge in [0.2, 0.25) is 0 Å². The van der Waals surface area contributed by atoms with E-state index in [1.165, 1.54) is 12.1 Å². The molecule has 0 spiro atoms. The number of hydrogen-bond acceptors (Lipinski definition) is 3. The summed E-state index contributed by atoms with van der Waals surface area (Å²) in [6, 6.07) is 9.85. The quantitative estimate of drug-likeness (QED) is 0.744. The van der Waals surface area contributed by atoms with Gasteiger partial charge in [-0.15, -0.1) is 10.2 Å². The van der Waals surface area contributed by atoms with Gasteiger partial charge < -0.3 is 5.73 Å². The van der Waals surface area contributed by atoms with E-state index in [-0.39, 0.29) is 0 Å². The van der Waals surface area contributed by atoms with Crippen LogP contribution in [0.2, 0.25) is 0 Å². The molecule has 0 fully saturated rings. The molecule has 0 atom stereocenters. The van der Waals surface area contributed by atoms with Crippen LogP contribution < -0.4 is 5.73 Å². The van der Waals surface area contributed by atoms with E-state index in [9.17, 15) is 13.2 Å². The zero-order valence-corrected chi connectivity index (χ0v) is 10.1. The fraction of sp³-hybridized carbons (Fsp3) is 0.0769. The van der Waals surface area contributed by atoms with Crippen LogP contribution in [0.3, 0.4) is 0 Å². The minimum Gasteiger partial charge on any atom is -0.385 e. The van der Waals surface area contributed by atoms with Gasteiger partial charge in [-0.1, -0.05) is 18.2 Å². The van der Waals surface area contributed by atoms with Crippen LogP contribution in [-0.2, 0) is 6.18 Å². The highest BCUT2D eigenvalue weighted by Gasteiger charge is 2.30. The molecule has 0 amide bonds. The fourth-order valence-corrected chi connectivity index (χ4v) is 1.96. The second kappa shape index (κ2) is 4.22. The van der Waals surface area contributed by atoms with Crippen LogP contribution in [0, 0.1) is 0 Å². The first-order chi connectivity index (χ1) is 9.47. The van der Waals surface area contributed by atoms with Gasteiger partial charge in [-0.05, 0) is 24.3 Å². The Bertz CT molecular complexity index is 759. The van der Waals surface area contributed by atoms with Gasteiger partial charge in [0.25, 0.3) is 0 Å². The largest absolute Gasteiger partial charge is 0.416 e. The lowest BCUT2D eigenvalue weighted by Crippen LogP contribution is -2.04. The van der Waals surface area contributed by atoms with E-state index in [0.717, 1.165) is 12.1 Å². The van der Waals surface area contributed by atoms with Crippen LogP contribution in [0.15, 0.2) is 42.5 Å². The molecule has 1 aromatic carbocycles. The zero-order chi connectivity index (χ0) is 14.3. The summed E-state index contributed by atoms with van der Waals surface area (Å²) in [5.41, 5.74) is 6.19. The molecule has 0 aliphatic carbocycles. The van der Waals surface area contributed by atoms with Gasteiger partial charge in [-0.3, -0.25) is 4.40 Å². The molecule has 0 saturated heterocycles. The molecule has 0 radical (unpaired) electrons. The molecule has 102 valence electrons. The molecule has 3 aromatic rings. The molecule has 2 heterocycles. The van der Waals surface area contributed by atoms with E-state index >= 15 is 0 Å². The lowest BCUT2D eigenvalue weighted by Gasteiger charge is -2.07. The van der Waals surface area contributed by atoms with Gasteiger partial charge in [0, 0.05) is 5.56 Å². The van der Waals surface area contributed by atoms with Gasteiger partial charge in [-0.2, -0.15) is 13.2 Å². The molecule has 0 aliphatic rings. The van der Waals surface area contributed by atoms with Crippen LogP contribution >= 0.6 is 0 Å². The van der Waals surface area contributed by atoms with Crippen molar-refractivity contribution in [3.63, 3.8) is 0 Å². The van der Waals surface area contributed by atoms with E-state index < -0.39 is 11.7 Å². The normalized spacial score (nSPS) is 11.9. The Kier molecular flexibility index (Phi) is 2.63. The number of nitrogens with two attached hydrogens (primary N) is 1. The van der Waals surface area contributed by atoms with Crippen LogP contribution in [0.5, 0.6) is 0 Å². The number of benzene rings is 1. The highest BCUT2D eigenvalue weighted by molar-refractivity contribution is 5.63. The maximum atomic E-state index is 12.5. The predicted molar refractivity (Wildman–Crippen MR) is 67.8 cm³/mol. The molecule has 0 unspecified atom stereocenters. The Morgan fingerprint density at radius 2 is 1.65 bits per heavy atom. The number of anilines is 1.